The van der Waals surface area contributed by atoms with Crippen LogP contribution in [0.4, 0.5) is 0 Å². The molecule has 1 unspecified atom stereocenters. The van der Waals surface area contributed by atoms with E-state index in [1.54, 1.807) is 0 Å². The van der Waals surface area contributed by atoms with Crippen LogP contribution in [-0.2, 0) is 9.47 Å². The van der Waals surface area contributed by atoms with Gasteiger partial charge in [-0.1, -0.05) is 0 Å². The zero-order valence-electron chi connectivity index (χ0n) is 9.49. The lowest BCUT2D eigenvalue weighted by Gasteiger charge is -2.22. The molecule has 0 aromatic carbocycles. The van der Waals surface area contributed by atoms with Crippen LogP contribution >= 0.6 is 27.3 Å². The molecule has 0 radical (unpaired) electrons. The van der Waals surface area contributed by atoms with E-state index >= 15 is 0 Å². The zero-order chi connectivity index (χ0) is 12.3. The third kappa shape index (κ3) is 3.51. The maximum absolute atomic E-state index is 11.8. The quantitative estimate of drug-likeness (QED) is 0.926. The normalized spacial score (nSPS) is 20.2. The molecule has 1 fully saturated rings. The molecule has 1 aliphatic heterocycles. The molecule has 0 spiro atoms. The Morgan fingerprint density at radius 3 is 3.06 bits per heavy atom. The SMILES string of the molecule is Cc1cc(C(=O)NCC2COCCO2)sc1Br. The van der Waals surface area contributed by atoms with Gasteiger partial charge in [-0.25, -0.2) is 0 Å². The van der Waals surface area contributed by atoms with Crippen molar-refractivity contribution < 1.29 is 14.3 Å². The molecule has 1 saturated heterocycles. The van der Waals surface area contributed by atoms with Gasteiger partial charge in [0.1, 0.15) is 0 Å². The number of halogens is 1. The second-order valence-electron chi connectivity index (χ2n) is 3.85. The first-order valence-corrected chi connectivity index (χ1v) is 7.01. The summed E-state index contributed by atoms with van der Waals surface area (Å²) in [6.45, 7) is 4.25. The van der Waals surface area contributed by atoms with Gasteiger partial charge >= 0.3 is 0 Å². The third-order valence-corrected chi connectivity index (χ3v) is 4.59. The van der Waals surface area contributed by atoms with Crippen LogP contribution in [0.15, 0.2) is 9.85 Å². The minimum Gasteiger partial charge on any atom is -0.376 e. The molecule has 4 nitrogen and oxygen atoms in total. The van der Waals surface area contributed by atoms with Crippen molar-refractivity contribution in [1.82, 2.24) is 5.32 Å². The van der Waals surface area contributed by atoms with Crippen molar-refractivity contribution in [2.75, 3.05) is 26.4 Å². The number of amides is 1. The summed E-state index contributed by atoms with van der Waals surface area (Å²) in [5, 5.41) is 2.85. The van der Waals surface area contributed by atoms with Crippen LogP contribution in [0.5, 0.6) is 0 Å². The number of hydrogen-bond acceptors (Lipinski definition) is 4. The second kappa shape index (κ2) is 5.95. The van der Waals surface area contributed by atoms with Gasteiger partial charge < -0.3 is 14.8 Å². The number of aryl methyl sites for hydroxylation is 1. The third-order valence-electron chi connectivity index (χ3n) is 2.46. The van der Waals surface area contributed by atoms with Crippen molar-refractivity contribution in [3.8, 4) is 0 Å². The van der Waals surface area contributed by atoms with Crippen molar-refractivity contribution in [2.45, 2.75) is 13.0 Å². The van der Waals surface area contributed by atoms with E-state index < -0.39 is 0 Å². The number of nitrogens with one attached hydrogen (secondary N) is 1. The van der Waals surface area contributed by atoms with E-state index in [1.807, 2.05) is 13.0 Å². The Morgan fingerprint density at radius 2 is 2.47 bits per heavy atom. The molecule has 0 aliphatic carbocycles. The Kier molecular flexibility index (Phi) is 4.55. The molecule has 0 bridgehead atoms. The second-order valence-corrected chi connectivity index (χ2v) is 6.22. The predicted molar refractivity (Wildman–Crippen MR) is 69.6 cm³/mol. The van der Waals surface area contributed by atoms with Crippen LogP contribution in [0.2, 0.25) is 0 Å². The number of hydrogen-bond donors (Lipinski definition) is 1. The Balaban J connectivity index is 1.84. The average Bonchev–Trinajstić information content (AvgIpc) is 2.68. The smallest absolute Gasteiger partial charge is 0.261 e. The predicted octanol–water partition coefficient (Wildman–Crippen LogP) is 1.96. The molecule has 1 amide bonds. The van der Waals surface area contributed by atoms with E-state index in [0.717, 1.165) is 9.35 Å². The molecule has 1 atom stereocenters. The molecule has 6 heteroatoms. The maximum Gasteiger partial charge on any atom is 0.261 e. The molecular weight excluding hydrogens is 306 g/mol. The fraction of sp³-hybridized carbons (Fsp3) is 0.545. The fourth-order valence-electron chi connectivity index (χ4n) is 1.52. The summed E-state index contributed by atoms with van der Waals surface area (Å²) in [6, 6.07) is 1.88. The van der Waals surface area contributed by atoms with Gasteiger partial charge in [-0.15, -0.1) is 11.3 Å². The highest BCUT2D eigenvalue weighted by molar-refractivity contribution is 9.11. The lowest BCUT2D eigenvalue weighted by Crippen LogP contribution is -2.39. The first-order valence-electron chi connectivity index (χ1n) is 5.40. The molecule has 94 valence electrons. The van der Waals surface area contributed by atoms with Gasteiger partial charge in [0.2, 0.25) is 0 Å². The molecule has 2 heterocycles. The number of thiophene rings is 1. The molecular formula is C11H14BrNO3S. The fourth-order valence-corrected chi connectivity index (χ4v) is 2.97. The standard InChI is InChI=1S/C11H14BrNO3S/c1-7-4-9(17-10(7)12)11(14)13-5-8-6-15-2-3-16-8/h4,8H,2-3,5-6H2,1H3,(H,13,14). The zero-order valence-corrected chi connectivity index (χ0v) is 11.9. The van der Waals surface area contributed by atoms with E-state index in [9.17, 15) is 4.79 Å². The molecule has 0 saturated carbocycles. The minimum absolute atomic E-state index is 0.0304. The molecule has 1 aromatic heterocycles. The van der Waals surface area contributed by atoms with Crippen LogP contribution in [0.25, 0.3) is 0 Å². The van der Waals surface area contributed by atoms with E-state index in [1.165, 1.54) is 11.3 Å². The van der Waals surface area contributed by atoms with Gasteiger partial charge in [0.05, 0.1) is 34.6 Å². The van der Waals surface area contributed by atoms with Crippen LogP contribution in [0, 0.1) is 6.92 Å². The number of ether oxygens (including phenoxy) is 2. The monoisotopic (exact) mass is 319 g/mol. The maximum atomic E-state index is 11.8. The molecule has 1 N–H and O–H groups in total. The Morgan fingerprint density at radius 1 is 1.65 bits per heavy atom. The highest BCUT2D eigenvalue weighted by atomic mass is 79.9. The molecule has 1 aliphatic rings. The highest BCUT2D eigenvalue weighted by Crippen LogP contribution is 2.27. The van der Waals surface area contributed by atoms with E-state index in [-0.39, 0.29) is 12.0 Å². The largest absolute Gasteiger partial charge is 0.376 e. The summed E-state index contributed by atoms with van der Waals surface area (Å²) in [7, 11) is 0. The highest BCUT2D eigenvalue weighted by Gasteiger charge is 2.17. The minimum atomic E-state index is -0.0574. The lowest BCUT2D eigenvalue weighted by atomic mass is 10.3. The van der Waals surface area contributed by atoms with Crippen LogP contribution in [-0.4, -0.2) is 38.4 Å². The van der Waals surface area contributed by atoms with Crippen LogP contribution in [0.1, 0.15) is 15.2 Å². The number of rotatable bonds is 3. The van der Waals surface area contributed by atoms with Gasteiger partial charge in [0.15, 0.2) is 0 Å². The van der Waals surface area contributed by atoms with Gasteiger partial charge in [0.25, 0.3) is 5.91 Å². The molecule has 17 heavy (non-hydrogen) atoms. The molecule has 2 rings (SSSR count). The van der Waals surface area contributed by atoms with Crippen molar-refractivity contribution in [3.63, 3.8) is 0 Å². The van der Waals surface area contributed by atoms with Gasteiger partial charge in [0, 0.05) is 6.54 Å². The van der Waals surface area contributed by atoms with E-state index in [2.05, 4.69) is 21.2 Å². The summed E-state index contributed by atoms with van der Waals surface area (Å²) in [5.74, 6) is -0.0574. The Hall–Kier alpha value is -0.430. The van der Waals surface area contributed by atoms with Gasteiger partial charge in [-0.2, -0.15) is 0 Å². The summed E-state index contributed by atoms with van der Waals surface area (Å²) < 4.78 is 11.7. The average molecular weight is 320 g/mol. The van der Waals surface area contributed by atoms with Gasteiger partial charge in [-0.3, -0.25) is 4.79 Å². The summed E-state index contributed by atoms with van der Waals surface area (Å²) >= 11 is 4.85. The summed E-state index contributed by atoms with van der Waals surface area (Å²) in [4.78, 5) is 12.5. The topological polar surface area (TPSA) is 47.6 Å². The first-order chi connectivity index (χ1) is 8.16. The Labute approximate surface area is 112 Å². The van der Waals surface area contributed by atoms with Crippen LogP contribution < -0.4 is 5.32 Å². The number of carbonyl (C=O) groups excluding carboxylic acids is 1. The lowest BCUT2D eigenvalue weighted by molar-refractivity contribution is -0.0855. The van der Waals surface area contributed by atoms with Crippen molar-refractivity contribution in [1.29, 1.82) is 0 Å². The van der Waals surface area contributed by atoms with Crippen LogP contribution in [0.3, 0.4) is 0 Å². The van der Waals surface area contributed by atoms with Gasteiger partial charge in [-0.05, 0) is 34.5 Å². The van der Waals surface area contributed by atoms with Crippen molar-refractivity contribution in [2.24, 2.45) is 0 Å². The molecule has 1 aromatic rings. The van der Waals surface area contributed by atoms with Crippen molar-refractivity contribution in [3.05, 3.63) is 20.3 Å². The summed E-state index contributed by atoms with van der Waals surface area (Å²) in [6.07, 6.45) is -0.0304. The van der Waals surface area contributed by atoms with Crippen molar-refractivity contribution >= 4 is 33.2 Å². The summed E-state index contributed by atoms with van der Waals surface area (Å²) in [5.41, 5.74) is 1.08. The first kappa shape index (κ1) is 13.0. The Bertz CT molecular complexity index is 382. The number of carbonyl (C=O) groups is 1. The van der Waals surface area contributed by atoms with E-state index in [4.69, 9.17) is 9.47 Å². The van der Waals surface area contributed by atoms with E-state index in [0.29, 0.717) is 31.2 Å².